The van der Waals surface area contributed by atoms with E-state index in [1.165, 1.54) is 24.2 Å². The van der Waals surface area contributed by atoms with Crippen LogP contribution in [0, 0.1) is 0 Å². The first-order chi connectivity index (χ1) is 9.79. The summed E-state index contributed by atoms with van der Waals surface area (Å²) in [5, 5.41) is 0.266. The lowest BCUT2D eigenvalue weighted by atomic mass is 9.92. The van der Waals surface area contributed by atoms with Gasteiger partial charge in [-0.25, -0.2) is 0 Å². The first kappa shape index (κ1) is 16.3. The van der Waals surface area contributed by atoms with Crippen LogP contribution in [-0.4, -0.2) is 8.32 Å². The molecular formula is C19H30OSi. The van der Waals surface area contributed by atoms with Crippen molar-refractivity contribution in [2.24, 2.45) is 0 Å². The predicted octanol–water partition coefficient (Wildman–Crippen LogP) is 6.25. The molecule has 1 atom stereocenters. The van der Waals surface area contributed by atoms with Gasteiger partial charge in [0.05, 0.1) is 5.76 Å². The second-order valence-electron chi connectivity index (χ2n) is 7.78. The molecule has 0 aliphatic heterocycles. The molecule has 2 heteroatoms. The van der Waals surface area contributed by atoms with Crippen LogP contribution >= 0.6 is 0 Å². The summed E-state index contributed by atoms with van der Waals surface area (Å²) in [6, 6.07) is 10.9. The molecule has 0 N–H and O–H groups in total. The van der Waals surface area contributed by atoms with Gasteiger partial charge >= 0.3 is 0 Å². The maximum atomic E-state index is 6.57. The molecule has 0 amide bonds. The fourth-order valence-electron chi connectivity index (χ4n) is 2.63. The molecule has 2 rings (SSSR count). The topological polar surface area (TPSA) is 9.23 Å². The molecule has 116 valence electrons. The highest BCUT2D eigenvalue weighted by Crippen LogP contribution is 2.40. The lowest BCUT2D eigenvalue weighted by molar-refractivity contribution is 0.356. The summed E-state index contributed by atoms with van der Waals surface area (Å²) in [7, 11) is -1.71. The largest absolute Gasteiger partial charge is 0.547 e. The maximum absolute atomic E-state index is 6.57. The highest BCUT2D eigenvalue weighted by Gasteiger charge is 2.39. The van der Waals surface area contributed by atoms with Gasteiger partial charge in [0.1, 0.15) is 0 Å². The van der Waals surface area contributed by atoms with Crippen LogP contribution in [-0.2, 0) is 4.43 Å². The van der Waals surface area contributed by atoms with Crippen LogP contribution in [0.1, 0.15) is 57.9 Å². The summed E-state index contributed by atoms with van der Waals surface area (Å²) in [6.45, 7) is 11.6. The molecule has 0 saturated heterocycles. The number of benzene rings is 1. The van der Waals surface area contributed by atoms with Crippen molar-refractivity contribution in [3.8, 4) is 0 Å². The van der Waals surface area contributed by atoms with E-state index in [0.717, 1.165) is 12.8 Å². The van der Waals surface area contributed by atoms with Crippen molar-refractivity contribution in [2.75, 3.05) is 0 Å². The Balaban J connectivity index is 2.12. The number of hydrogen-bond donors (Lipinski definition) is 0. The average molecular weight is 303 g/mol. The fraction of sp³-hybridized carbons (Fsp3) is 0.579. The Kier molecular flexibility index (Phi) is 4.98. The molecule has 1 unspecified atom stereocenters. The second-order valence-corrected chi connectivity index (χ2v) is 12.5. The second kappa shape index (κ2) is 6.39. The molecule has 0 heterocycles. The van der Waals surface area contributed by atoms with E-state index in [2.05, 4.69) is 70.3 Å². The van der Waals surface area contributed by atoms with E-state index in [0.29, 0.717) is 5.92 Å². The Morgan fingerprint density at radius 3 is 2.38 bits per heavy atom. The van der Waals surface area contributed by atoms with Gasteiger partial charge in [-0.05, 0) is 55.0 Å². The summed E-state index contributed by atoms with van der Waals surface area (Å²) in [6.07, 6.45) is 7.11. The normalized spacial score (nSPS) is 20.6. The van der Waals surface area contributed by atoms with E-state index >= 15 is 0 Å². The first-order valence-electron chi connectivity index (χ1n) is 8.22. The van der Waals surface area contributed by atoms with E-state index in [9.17, 15) is 0 Å². The molecule has 0 fully saturated rings. The molecule has 0 radical (unpaired) electrons. The van der Waals surface area contributed by atoms with Crippen molar-refractivity contribution in [1.29, 1.82) is 0 Å². The average Bonchev–Trinajstić information content (AvgIpc) is 2.63. The van der Waals surface area contributed by atoms with E-state index in [4.69, 9.17) is 4.43 Å². The maximum Gasteiger partial charge on any atom is 0.250 e. The van der Waals surface area contributed by atoms with Crippen molar-refractivity contribution >= 4 is 8.32 Å². The molecule has 0 bridgehead atoms. The van der Waals surface area contributed by atoms with Gasteiger partial charge in [-0.3, -0.25) is 0 Å². The summed E-state index contributed by atoms with van der Waals surface area (Å²) in [5.74, 6) is 1.86. The molecule has 1 nitrogen and oxygen atoms in total. The van der Waals surface area contributed by atoms with Gasteiger partial charge in [-0.2, -0.15) is 0 Å². The van der Waals surface area contributed by atoms with E-state index in [-0.39, 0.29) is 5.04 Å². The highest BCUT2D eigenvalue weighted by molar-refractivity contribution is 6.74. The summed E-state index contributed by atoms with van der Waals surface area (Å²) < 4.78 is 6.57. The van der Waals surface area contributed by atoms with Crippen molar-refractivity contribution < 1.29 is 4.43 Å². The molecule has 0 saturated carbocycles. The summed E-state index contributed by atoms with van der Waals surface area (Å²) >= 11 is 0. The van der Waals surface area contributed by atoms with Gasteiger partial charge in [0, 0.05) is 6.42 Å². The Morgan fingerprint density at radius 2 is 1.76 bits per heavy atom. The Labute approximate surface area is 131 Å². The molecular weight excluding hydrogens is 272 g/mol. The lowest BCUT2D eigenvalue weighted by Gasteiger charge is -2.37. The van der Waals surface area contributed by atoms with Gasteiger partial charge in [-0.1, -0.05) is 51.1 Å². The molecule has 0 aromatic heterocycles. The third kappa shape index (κ3) is 4.23. The zero-order chi connectivity index (χ0) is 15.5. The standard InChI is InChI=1S/C19H30OSi/c1-19(2,3)21(4,5)20-18-14-10-9-13-17(15-18)16-11-7-6-8-12-16/h6-8,11-12,14,17H,9-10,13,15H2,1-5H3. The molecule has 1 aliphatic carbocycles. The SMILES string of the molecule is CC(C)(C)[Si](C)(C)OC1=CCCCC(c2ccccc2)C1. The van der Waals surface area contributed by atoms with Gasteiger partial charge in [-0.15, -0.1) is 0 Å². The lowest BCUT2D eigenvalue weighted by Crippen LogP contribution is -2.40. The molecule has 1 aromatic carbocycles. The number of allylic oxidation sites excluding steroid dienone is 2. The Bertz CT molecular complexity index is 482. The van der Waals surface area contributed by atoms with Gasteiger partial charge in [0.2, 0.25) is 8.32 Å². The third-order valence-electron chi connectivity index (χ3n) is 5.04. The van der Waals surface area contributed by atoms with Crippen LogP contribution < -0.4 is 0 Å². The van der Waals surface area contributed by atoms with Gasteiger partial charge < -0.3 is 4.43 Å². The molecule has 0 spiro atoms. The van der Waals surface area contributed by atoms with Crippen LogP contribution in [0.25, 0.3) is 0 Å². The minimum absolute atomic E-state index is 0.266. The van der Waals surface area contributed by atoms with Crippen molar-refractivity contribution in [3.05, 3.63) is 47.7 Å². The first-order valence-corrected chi connectivity index (χ1v) is 11.1. The van der Waals surface area contributed by atoms with E-state index < -0.39 is 8.32 Å². The van der Waals surface area contributed by atoms with Crippen molar-refractivity contribution in [2.45, 2.75) is 70.5 Å². The Hall–Kier alpha value is -1.02. The van der Waals surface area contributed by atoms with Crippen LogP contribution in [0.2, 0.25) is 18.1 Å². The van der Waals surface area contributed by atoms with Crippen LogP contribution in [0.4, 0.5) is 0 Å². The molecule has 1 aliphatic rings. The highest BCUT2D eigenvalue weighted by atomic mass is 28.4. The van der Waals surface area contributed by atoms with Crippen LogP contribution in [0.3, 0.4) is 0 Å². The summed E-state index contributed by atoms with van der Waals surface area (Å²) in [5.41, 5.74) is 1.46. The minimum atomic E-state index is -1.71. The van der Waals surface area contributed by atoms with Crippen molar-refractivity contribution in [1.82, 2.24) is 0 Å². The minimum Gasteiger partial charge on any atom is -0.547 e. The van der Waals surface area contributed by atoms with E-state index in [1.54, 1.807) is 0 Å². The smallest absolute Gasteiger partial charge is 0.250 e. The monoisotopic (exact) mass is 302 g/mol. The number of rotatable bonds is 3. The quantitative estimate of drug-likeness (QED) is 0.600. The number of hydrogen-bond acceptors (Lipinski definition) is 1. The Morgan fingerprint density at radius 1 is 1.10 bits per heavy atom. The zero-order valence-electron chi connectivity index (χ0n) is 14.3. The van der Waals surface area contributed by atoms with E-state index in [1.807, 2.05) is 0 Å². The zero-order valence-corrected chi connectivity index (χ0v) is 15.3. The predicted molar refractivity (Wildman–Crippen MR) is 94.0 cm³/mol. The van der Waals surface area contributed by atoms with Crippen LogP contribution in [0.15, 0.2) is 42.2 Å². The molecule has 21 heavy (non-hydrogen) atoms. The summed E-state index contributed by atoms with van der Waals surface area (Å²) in [4.78, 5) is 0. The van der Waals surface area contributed by atoms with Gasteiger partial charge in [0.15, 0.2) is 0 Å². The van der Waals surface area contributed by atoms with Crippen LogP contribution in [0.5, 0.6) is 0 Å². The van der Waals surface area contributed by atoms with Crippen molar-refractivity contribution in [3.63, 3.8) is 0 Å². The fourth-order valence-corrected chi connectivity index (χ4v) is 3.76. The third-order valence-corrected chi connectivity index (χ3v) is 9.42. The molecule has 1 aromatic rings. The van der Waals surface area contributed by atoms with Gasteiger partial charge in [0.25, 0.3) is 0 Å².